The molecular formula is C51H32N4O. The van der Waals surface area contributed by atoms with Crippen molar-refractivity contribution >= 4 is 43.7 Å². The number of furan rings is 1. The Morgan fingerprint density at radius 3 is 1.95 bits per heavy atom. The predicted molar refractivity (Wildman–Crippen MR) is 229 cm³/mol. The molecule has 0 bridgehead atoms. The van der Waals surface area contributed by atoms with Gasteiger partial charge < -0.3 is 8.98 Å². The van der Waals surface area contributed by atoms with Crippen LogP contribution in [0.3, 0.4) is 0 Å². The van der Waals surface area contributed by atoms with Crippen LogP contribution in [0, 0.1) is 0 Å². The van der Waals surface area contributed by atoms with Crippen LogP contribution in [0.2, 0.25) is 0 Å². The summed E-state index contributed by atoms with van der Waals surface area (Å²) in [6, 6.07) is 29.9. The van der Waals surface area contributed by atoms with Crippen molar-refractivity contribution in [2.24, 2.45) is 0 Å². The SMILES string of the molecule is [2H]c1c([2H])c([2H])c(-c2c([2H])c([2H])c([2H])c3c2c2c([2H])c([2H])c([2H])c([2H])c2n3-c2ccc(-c3nc(-c4ccccc4)nc(-c4cccc5c4oc4ccccc45)n3)cc2-c2ccccc2)c([2H])c1[2H]. The van der Waals surface area contributed by atoms with Gasteiger partial charge in [0.05, 0.1) is 38.7 Å². The lowest BCUT2D eigenvalue weighted by Crippen LogP contribution is -2.02. The molecule has 0 unspecified atom stereocenters. The van der Waals surface area contributed by atoms with Crippen LogP contribution in [0.4, 0.5) is 0 Å². The van der Waals surface area contributed by atoms with Crippen molar-refractivity contribution in [3.05, 3.63) is 194 Å². The predicted octanol–water partition coefficient (Wildman–Crippen LogP) is 13.2. The normalized spacial score (nSPS) is 14.6. The van der Waals surface area contributed by atoms with Crippen LogP contribution in [0.25, 0.3) is 106 Å². The first-order chi connectivity index (χ1) is 32.8. The molecule has 3 heterocycles. The molecule has 262 valence electrons. The molecule has 0 N–H and O–H groups in total. The largest absolute Gasteiger partial charge is 0.455 e. The Morgan fingerprint density at radius 2 is 1.11 bits per heavy atom. The Labute approximate surface area is 339 Å². The van der Waals surface area contributed by atoms with E-state index in [4.69, 9.17) is 30.3 Å². The van der Waals surface area contributed by atoms with E-state index in [1.54, 1.807) is 12.1 Å². The van der Waals surface area contributed by atoms with Gasteiger partial charge >= 0.3 is 0 Å². The van der Waals surface area contributed by atoms with E-state index in [0.29, 0.717) is 50.8 Å². The Hall–Kier alpha value is -7.63. The fourth-order valence-corrected chi connectivity index (χ4v) is 7.36. The van der Waals surface area contributed by atoms with Gasteiger partial charge in [0.25, 0.3) is 0 Å². The first-order valence-corrected chi connectivity index (χ1v) is 17.8. The van der Waals surface area contributed by atoms with Crippen molar-refractivity contribution < 1.29 is 20.9 Å². The molecule has 8 aromatic carbocycles. The Balaban J connectivity index is 1.24. The van der Waals surface area contributed by atoms with E-state index in [0.717, 1.165) is 16.3 Å². The molecule has 0 radical (unpaired) electrons. The zero-order valence-corrected chi connectivity index (χ0v) is 29.2. The maximum absolute atomic E-state index is 9.46. The van der Waals surface area contributed by atoms with Crippen molar-refractivity contribution in [1.82, 2.24) is 19.5 Å². The number of nitrogens with zero attached hydrogens (tertiary/aromatic N) is 4. The molecule has 0 aliphatic heterocycles. The molecule has 0 atom stereocenters. The molecule has 0 aliphatic carbocycles. The third-order valence-electron chi connectivity index (χ3n) is 9.86. The van der Waals surface area contributed by atoms with Crippen LogP contribution in [0.15, 0.2) is 198 Å². The Kier molecular flexibility index (Phi) is 5.10. The Morgan fingerprint density at radius 1 is 0.429 bits per heavy atom. The number of benzene rings is 8. The number of hydrogen-bond acceptors (Lipinski definition) is 4. The van der Waals surface area contributed by atoms with Gasteiger partial charge in [-0.25, -0.2) is 15.0 Å². The van der Waals surface area contributed by atoms with Crippen molar-refractivity contribution in [1.29, 1.82) is 0 Å². The van der Waals surface area contributed by atoms with Crippen molar-refractivity contribution in [3.8, 4) is 62.1 Å². The zero-order chi connectivity index (χ0) is 47.4. The van der Waals surface area contributed by atoms with E-state index >= 15 is 0 Å². The molecule has 0 fully saturated rings. The summed E-state index contributed by atoms with van der Waals surface area (Å²) in [4.78, 5) is 15.0. The van der Waals surface area contributed by atoms with Crippen molar-refractivity contribution in [2.75, 3.05) is 0 Å². The van der Waals surface area contributed by atoms with Crippen LogP contribution in [-0.4, -0.2) is 19.5 Å². The second-order valence-corrected chi connectivity index (χ2v) is 13.1. The summed E-state index contributed by atoms with van der Waals surface area (Å²) in [7, 11) is 0. The maximum atomic E-state index is 9.46. The minimum atomic E-state index is -0.700. The molecule has 0 saturated heterocycles. The van der Waals surface area contributed by atoms with Gasteiger partial charge in [0, 0.05) is 38.2 Å². The number of aromatic nitrogens is 4. The van der Waals surface area contributed by atoms with Crippen LogP contribution in [-0.2, 0) is 0 Å². The smallest absolute Gasteiger partial charge is 0.167 e. The Bertz CT molecular complexity index is 3920. The van der Waals surface area contributed by atoms with Crippen LogP contribution in [0.1, 0.15) is 16.4 Å². The highest BCUT2D eigenvalue weighted by Crippen LogP contribution is 2.42. The van der Waals surface area contributed by atoms with Crippen LogP contribution in [0.5, 0.6) is 0 Å². The standard InChI is InChI=1S/C51H32N4O/c1-4-16-33(17-5-1)37-24-15-28-45-47(37)40-23-10-12-27-43(40)55(45)44-31-30-36(32-42(44)34-18-6-2-7-19-34)50-52-49(35-20-8-3-9-21-35)53-51(54-50)41-26-14-25-39-38-22-11-13-29-46(38)56-48(39)41/h1-32H/i1D,4D,5D,10D,12D,15D,16D,17D,23D,24D,27D,28D. The van der Waals surface area contributed by atoms with E-state index in [1.165, 1.54) is 4.57 Å². The highest BCUT2D eigenvalue weighted by Gasteiger charge is 2.21. The molecule has 0 spiro atoms. The second-order valence-electron chi connectivity index (χ2n) is 13.1. The average Bonchev–Trinajstić information content (AvgIpc) is 3.94. The van der Waals surface area contributed by atoms with Crippen molar-refractivity contribution in [3.63, 3.8) is 0 Å². The molecule has 0 aliphatic rings. The van der Waals surface area contributed by atoms with Gasteiger partial charge in [-0.2, -0.15) is 0 Å². The quantitative estimate of drug-likeness (QED) is 0.171. The van der Waals surface area contributed by atoms with Gasteiger partial charge in [-0.3, -0.25) is 0 Å². The highest BCUT2D eigenvalue weighted by molar-refractivity contribution is 6.16. The van der Waals surface area contributed by atoms with E-state index in [9.17, 15) is 5.48 Å². The number of para-hydroxylation sites is 3. The molecule has 11 rings (SSSR count). The lowest BCUT2D eigenvalue weighted by Gasteiger charge is -2.16. The lowest BCUT2D eigenvalue weighted by atomic mass is 9.99. The minimum Gasteiger partial charge on any atom is -0.455 e. The van der Waals surface area contributed by atoms with Gasteiger partial charge in [0.1, 0.15) is 11.2 Å². The molecule has 11 aromatic rings. The van der Waals surface area contributed by atoms with Gasteiger partial charge in [-0.1, -0.05) is 151 Å². The third-order valence-corrected chi connectivity index (χ3v) is 9.86. The maximum Gasteiger partial charge on any atom is 0.167 e. The fourth-order valence-electron chi connectivity index (χ4n) is 7.36. The first-order valence-electron chi connectivity index (χ1n) is 23.8. The molecule has 0 saturated carbocycles. The van der Waals surface area contributed by atoms with Crippen LogP contribution >= 0.6 is 0 Å². The molecule has 3 aromatic heterocycles. The average molecular weight is 729 g/mol. The fraction of sp³-hybridized carbons (Fsp3) is 0. The second kappa shape index (κ2) is 13.0. The highest BCUT2D eigenvalue weighted by atomic mass is 16.3. The van der Waals surface area contributed by atoms with E-state index in [2.05, 4.69) is 0 Å². The number of fused-ring (bicyclic) bond motifs is 6. The topological polar surface area (TPSA) is 56.7 Å². The van der Waals surface area contributed by atoms with Gasteiger partial charge in [0.15, 0.2) is 17.5 Å². The lowest BCUT2D eigenvalue weighted by molar-refractivity contribution is 0.669. The first kappa shape index (κ1) is 21.9. The molecule has 0 amide bonds. The molecule has 56 heavy (non-hydrogen) atoms. The summed E-state index contributed by atoms with van der Waals surface area (Å²) in [5.74, 6) is 1.01. The summed E-state index contributed by atoms with van der Waals surface area (Å²) in [6.45, 7) is 0. The monoisotopic (exact) mass is 728 g/mol. The van der Waals surface area contributed by atoms with E-state index in [1.807, 2.05) is 109 Å². The zero-order valence-electron chi connectivity index (χ0n) is 41.2. The van der Waals surface area contributed by atoms with Crippen LogP contribution < -0.4 is 0 Å². The number of hydrogen-bond donors (Lipinski definition) is 0. The van der Waals surface area contributed by atoms with Gasteiger partial charge in [-0.15, -0.1) is 0 Å². The summed E-state index contributed by atoms with van der Waals surface area (Å²) in [5.41, 5.74) is 3.59. The molecular weight excluding hydrogens is 685 g/mol. The molecule has 5 heteroatoms. The summed E-state index contributed by atoms with van der Waals surface area (Å²) in [5, 5.41) is 1.52. The van der Waals surface area contributed by atoms with Gasteiger partial charge in [0.2, 0.25) is 0 Å². The van der Waals surface area contributed by atoms with Gasteiger partial charge in [-0.05, 0) is 59.1 Å². The summed E-state index contributed by atoms with van der Waals surface area (Å²) < 4.78 is 115. The number of rotatable bonds is 6. The van der Waals surface area contributed by atoms with E-state index < -0.39 is 78.1 Å². The summed E-state index contributed by atoms with van der Waals surface area (Å²) in [6.07, 6.45) is 0. The summed E-state index contributed by atoms with van der Waals surface area (Å²) >= 11 is 0. The third kappa shape index (κ3) is 5.21. The van der Waals surface area contributed by atoms with Crippen molar-refractivity contribution in [2.45, 2.75) is 0 Å². The minimum absolute atomic E-state index is 0.115. The van der Waals surface area contributed by atoms with E-state index in [-0.39, 0.29) is 33.2 Å². The molecule has 5 nitrogen and oxygen atoms in total.